The van der Waals surface area contributed by atoms with Crippen molar-refractivity contribution in [3.8, 4) is 0 Å². The van der Waals surface area contributed by atoms with Gasteiger partial charge in [-0.3, -0.25) is 0 Å². The Labute approximate surface area is 162 Å². The van der Waals surface area contributed by atoms with Crippen LogP contribution in [0, 0.1) is 0 Å². The maximum atomic E-state index is 13.8. The van der Waals surface area contributed by atoms with E-state index in [1.54, 1.807) is 4.68 Å². The highest BCUT2D eigenvalue weighted by Crippen LogP contribution is 2.30. The number of anilines is 1. The van der Waals surface area contributed by atoms with Crippen molar-refractivity contribution in [1.82, 2.24) is 25.0 Å². The zero-order chi connectivity index (χ0) is 19.2. The average molecular weight is 389 g/mol. The lowest BCUT2D eigenvalue weighted by molar-refractivity contribution is 0.364. The quantitative estimate of drug-likeness (QED) is 0.683. The molecule has 1 aliphatic heterocycles. The van der Waals surface area contributed by atoms with Crippen LogP contribution in [0.25, 0.3) is 11.2 Å². The van der Waals surface area contributed by atoms with Gasteiger partial charge in [-0.2, -0.15) is 0 Å². The van der Waals surface area contributed by atoms with E-state index in [1.165, 1.54) is 0 Å². The van der Waals surface area contributed by atoms with Gasteiger partial charge in [-0.25, -0.2) is 19.0 Å². The van der Waals surface area contributed by atoms with Gasteiger partial charge in [0, 0.05) is 17.0 Å². The van der Waals surface area contributed by atoms with Crippen LogP contribution in [-0.4, -0.2) is 44.2 Å². The lowest BCUT2D eigenvalue weighted by Gasteiger charge is -2.21. The van der Waals surface area contributed by atoms with Gasteiger partial charge in [0.2, 0.25) is 0 Å². The number of benzene rings is 1. The molecule has 1 aliphatic rings. The van der Waals surface area contributed by atoms with Crippen LogP contribution in [0.2, 0.25) is 5.02 Å². The van der Waals surface area contributed by atoms with Gasteiger partial charge < -0.3 is 4.90 Å². The molecule has 0 amide bonds. The van der Waals surface area contributed by atoms with Gasteiger partial charge in [0.25, 0.3) is 0 Å². The van der Waals surface area contributed by atoms with E-state index in [1.807, 2.05) is 29.2 Å². The summed E-state index contributed by atoms with van der Waals surface area (Å²) in [5.74, 6) is 1.35. The number of fused-ring (bicyclic) bond motifs is 1. The molecule has 3 heterocycles. The maximum absolute atomic E-state index is 13.8. The molecule has 2 aromatic heterocycles. The second-order valence-electron chi connectivity index (χ2n) is 7.96. The van der Waals surface area contributed by atoms with E-state index in [-0.39, 0.29) is 5.41 Å². The summed E-state index contributed by atoms with van der Waals surface area (Å²) in [6.45, 7) is 7.58. The third-order valence-corrected chi connectivity index (χ3v) is 5.09. The molecule has 1 aromatic carbocycles. The Bertz CT molecular complexity index is 980. The lowest BCUT2D eigenvalue weighted by atomic mass is 9.96. The van der Waals surface area contributed by atoms with Crippen LogP contribution in [0.1, 0.15) is 38.6 Å². The normalized spacial score (nSPS) is 17.8. The summed E-state index contributed by atoms with van der Waals surface area (Å²) in [6.07, 6.45) is -0.337. The summed E-state index contributed by atoms with van der Waals surface area (Å²) >= 11 is 6.30. The Morgan fingerprint density at radius 3 is 2.67 bits per heavy atom. The minimum atomic E-state index is -0.841. The van der Waals surface area contributed by atoms with E-state index in [0.29, 0.717) is 53.9 Å². The Hall–Kier alpha value is -2.28. The number of nitrogens with zero attached hydrogens (tertiary/aromatic N) is 6. The Balaban J connectivity index is 1.84. The van der Waals surface area contributed by atoms with E-state index in [4.69, 9.17) is 21.6 Å². The highest BCUT2D eigenvalue weighted by Gasteiger charge is 2.29. The molecule has 0 bridgehead atoms. The monoisotopic (exact) mass is 388 g/mol. The summed E-state index contributed by atoms with van der Waals surface area (Å²) in [5, 5.41) is 9.28. The third kappa shape index (κ3) is 3.48. The number of alkyl halides is 1. The molecule has 3 aromatic rings. The van der Waals surface area contributed by atoms with Gasteiger partial charge >= 0.3 is 0 Å². The molecule has 0 radical (unpaired) electrons. The van der Waals surface area contributed by atoms with Crippen molar-refractivity contribution in [2.75, 3.05) is 18.0 Å². The fraction of sp³-hybridized carbons (Fsp3) is 0.474. The first-order valence-corrected chi connectivity index (χ1v) is 9.45. The first-order valence-electron chi connectivity index (χ1n) is 9.07. The topological polar surface area (TPSA) is 59.7 Å². The fourth-order valence-corrected chi connectivity index (χ4v) is 3.40. The lowest BCUT2D eigenvalue weighted by Crippen LogP contribution is -2.25. The number of rotatable bonds is 3. The molecular weight excluding hydrogens is 367 g/mol. The molecule has 142 valence electrons. The van der Waals surface area contributed by atoms with Crippen LogP contribution in [0.15, 0.2) is 24.3 Å². The summed E-state index contributed by atoms with van der Waals surface area (Å²) in [6, 6.07) is 7.64. The zero-order valence-corrected chi connectivity index (χ0v) is 16.4. The van der Waals surface area contributed by atoms with Crippen LogP contribution in [0.5, 0.6) is 0 Å². The average Bonchev–Trinajstić information content (AvgIpc) is 3.22. The van der Waals surface area contributed by atoms with E-state index in [2.05, 4.69) is 31.1 Å². The number of hydrogen-bond donors (Lipinski definition) is 0. The van der Waals surface area contributed by atoms with Crippen LogP contribution in [-0.2, 0) is 12.0 Å². The highest BCUT2D eigenvalue weighted by atomic mass is 35.5. The molecule has 1 atom stereocenters. The van der Waals surface area contributed by atoms with Gasteiger partial charge in [-0.05, 0) is 18.1 Å². The first kappa shape index (κ1) is 18.1. The maximum Gasteiger partial charge on any atom is 0.184 e. The van der Waals surface area contributed by atoms with Gasteiger partial charge in [-0.1, -0.05) is 55.8 Å². The summed E-state index contributed by atoms with van der Waals surface area (Å²) in [5.41, 5.74) is 1.93. The molecule has 1 fully saturated rings. The largest absolute Gasteiger partial charge is 0.352 e. The van der Waals surface area contributed by atoms with Crippen molar-refractivity contribution in [2.45, 2.75) is 45.3 Å². The van der Waals surface area contributed by atoms with Crippen LogP contribution in [0.4, 0.5) is 10.2 Å². The molecule has 1 saturated heterocycles. The zero-order valence-electron chi connectivity index (χ0n) is 15.7. The van der Waals surface area contributed by atoms with Crippen LogP contribution >= 0.6 is 11.6 Å². The third-order valence-electron chi connectivity index (χ3n) is 4.72. The predicted octanol–water partition coefficient (Wildman–Crippen LogP) is 3.77. The molecule has 0 unspecified atom stereocenters. The van der Waals surface area contributed by atoms with Gasteiger partial charge in [0.1, 0.15) is 12.0 Å². The molecule has 6 nitrogen and oxygen atoms in total. The van der Waals surface area contributed by atoms with Gasteiger partial charge in [-0.15, -0.1) is 5.10 Å². The molecule has 0 aliphatic carbocycles. The second kappa shape index (κ2) is 6.71. The SMILES string of the molecule is CC(C)(C)c1nc(N2CC[C@@H](F)C2)c2nnn(Cc3ccccc3Cl)c2n1. The minimum absolute atomic E-state index is 0.253. The second-order valence-corrected chi connectivity index (χ2v) is 8.37. The van der Waals surface area contributed by atoms with Crippen molar-refractivity contribution in [3.63, 3.8) is 0 Å². The Kier molecular flexibility index (Phi) is 4.50. The van der Waals surface area contributed by atoms with E-state index in [0.717, 1.165) is 5.56 Å². The molecule has 0 spiro atoms. The molecule has 8 heteroatoms. The molecule has 27 heavy (non-hydrogen) atoms. The Morgan fingerprint density at radius 2 is 2.00 bits per heavy atom. The molecular formula is C19H22ClFN6. The van der Waals surface area contributed by atoms with Crippen molar-refractivity contribution in [1.29, 1.82) is 0 Å². The van der Waals surface area contributed by atoms with Gasteiger partial charge in [0.15, 0.2) is 17.0 Å². The van der Waals surface area contributed by atoms with Gasteiger partial charge in [0.05, 0.1) is 13.1 Å². The van der Waals surface area contributed by atoms with Crippen LogP contribution in [0.3, 0.4) is 0 Å². The summed E-state index contributed by atoms with van der Waals surface area (Å²) in [7, 11) is 0. The minimum Gasteiger partial charge on any atom is -0.352 e. The number of halogens is 2. The molecule has 4 rings (SSSR count). The van der Waals surface area contributed by atoms with Crippen LogP contribution < -0.4 is 4.90 Å². The van der Waals surface area contributed by atoms with Crippen molar-refractivity contribution in [2.24, 2.45) is 0 Å². The smallest absolute Gasteiger partial charge is 0.184 e. The number of hydrogen-bond acceptors (Lipinski definition) is 5. The summed E-state index contributed by atoms with van der Waals surface area (Å²) < 4.78 is 15.5. The van der Waals surface area contributed by atoms with Crippen molar-refractivity contribution >= 4 is 28.6 Å². The summed E-state index contributed by atoms with van der Waals surface area (Å²) in [4.78, 5) is 11.4. The fourth-order valence-electron chi connectivity index (χ4n) is 3.20. The van der Waals surface area contributed by atoms with Crippen molar-refractivity contribution < 1.29 is 4.39 Å². The van der Waals surface area contributed by atoms with E-state index in [9.17, 15) is 4.39 Å². The molecule has 0 saturated carbocycles. The van der Waals surface area contributed by atoms with E-state index < -0.39 is 6.17 Å². The first-order chi connectivity index (χ1) is 12.8. The number of aromatic nitrogens is 5. The predicted molar refractivity (Wildman–Crippen MR) is 104 cm³/mol. The van der Waals surface area contributed by atoms with Crippen molar-refractivity contribution in [3.05, 3.63) is 40.7 Å². The Morgan fingerprint density at radius 1 is 1.22 bits per heavy atom. The molecule has 0 N–H and O–H groups in total. The highest BCUT2D eigenvalue weighted by molar-refractivity contribution is 6.31. The standard InChI is InChI=1S/C19H22ClFN6/c1-19(2,3)18-22-16(26-9-8-13(21)11-26)15-17(23-18)27(25-24-15)10-12-6-4-5-7-14(12)20/h4-7,13H,8-11H2,1-3H3/t13-/m1/s1. The van der Waals surface area contributed by atoms with E-state index >= 15 is 0 Å².